The monoisotopic (exact) mass is 473 g/mol. The van der Waals surface area contributed by atoms with Gasteiger partial charge in [-0.15, -0.1) is 29.7 Å². The molecule has 2 saturated carbocycles. The second kappa shape index (κ2) is 13.1. The molecular formula is C25H33Li2P2S2+. The predicted molar refractivity (Wildman–Crippen MR) is 139 cm³/mol. The average Bonchev–Trinajstić information content (AvgIpc) is 2.81. The zero-order valence-electron chi connectivity index (χ0n) is 19.3. The van der Waals surface area contributed by atoms with Crippen molar-refractivity contribution < 1.29 is 37.7 Å². The van der Waals surface area contributed by atoms with E-state index in [1.54, 1.807) is 0 Å². The van der Waals surface area contributed by atoms with E-state index >= 15 is 0 Å². The Morgan fingerprint density at radius 3 is 1.29 bits per heavy atom. The summed E-state index contributed by atoms with van der Waals surface area (Å²) in [6.45, 7) is 0. The molecule has 0 aromatic heterocycles. The third-order valence-corrected chi connectivity index (χ3v) is 19.9. The van der Waals surface area contributed by atoms with E-state index in [0.717, 1.165) is 11.3 Å². The maximum atomic E-state index is 6.81. The quantitative estimate of drug-likeness (QED) is 0.354. The number of rotatable bonds is 6. The van der Waals surface area contributed by atoms with Gasteiger partial charge in [-0.25, -0.2) is 5.90 Å². The first kappa shape index (κ1) is 28.2. The van der Waals surface area contributed by atoms with Crippen LogP contribution in [0.4, 0.5) is 0 Å². The second-order valence-electron chi connectivity index (χ2n) is 8.79. The summed E-state index contributed by atoms with van der Waals surface area (Å²) in [6.07, 6.45) is 13.6. The molecule has 0 heterocycles. The van der Waals surface area contributed by atoms with Crippen LogP contribution in [0.1, 0.15) is 64.2 Å². The molecule has 2 fully saturated rings. The molecule has 2 aromatic rings. The molecule has 0 N–H and O–H groups in total. The van der Waals surface area contributed by atoms with E-state index < -0.39 is 12.1 Å². The van der Waals surface area contributed by atoms with E-state index in [1.807, 2.05) is 0 Å². The van der Waals surface area contributed by atoms with Gasteiger partial charge in [0.2, 0.25) is 0 Å². The zero-order valence-corrected chi connectivity index (χ0v) is 22.7. The van der Waals surface area contributed by atoms with E-state index in [-0.39, 0.29) is 37.7 Å². The molecule has 0 amide bonds. The molecule has 2 aromatic carbocycles. The summed E-state index contributed by atoms with van der Waals surface area (Å²) in [7, 11) is 0. The van der Waals surface area contributed by atoms with E-state index in [0.29, 0.717) is 0 Å². The van der Waals surface area contributed by atoms with Gasteiger partial charge in [-0.1, -0.05) is 99.2 Å². The summed E-state index contributed by atoms with van der Waals surface area (Å²) in [5.41, 5.74) is 1.45. The topological polar surface area (TPSA) is 0 Å². The number of hydrogen-bond donors (Lipinski definition) is 0. The van der Waals surface area contributed by atoms with E-state index in [2.05, 4.69) is 66.6 Å². The molecule has 0 unspecified atom stereocenters. The number of hydrogen-bond acceptors (Lipinski definition) is 2. The van der Waals surface area contributed by atoms with E-state index in [1.165, 1.54) is 74.8 Å². The fourth-order valence-corrected chi connectivity index (χ4v) is 19.6. The third-order valence-electron chi connectivity index (χ3n) is 6.91. The maximum Gasteiger partial charge on any atom is 1.00 e. The van der Waals surface area contributed by atoms with Crippen LogP contribution in [0.25, 0.3) is 0 Å². The first-order valence-electron chi connectivity index (χ1n) is 11.3. The van der Waals surface area contributed by atoms with Crippen LogP contribution in [0.2, 0.25) is 0 Å². The minimum absolute atomic E-state index is 0. The smallest absolute Gasteiger partial charge is 0.244 e. The molecule has 0 saturated heterocycles. The van der Waals surface area contributed by atoms with Crippen molar-refractivity contribution in [2.75, 3.05) is 0 Å². The second-order valence-corrected chi connectivity index (χ2v) is 18.7. The van der Waals surface area contributed by atoms with Gasteiger partial charge in [0.25, 0.3) is 0 Å². The molecule has 156 valence electrons. The van der Waals surface area contributed by atoms with Gasteiger partial charge in [0.15, 0.2) is 0 Å². The Labute approximate surface area is 224 Å². The van der Waals surface area contributed by atoms with Crippen molar-refractivity contribution in [3.8, 4) is 0 Å². The Bertz CT molecular complexity index is 811. The summed E-state index contributed by atoms with van der Waals surface area (Å²) in [5.74, 6) is 2.68. The molecule has 6 heteroatoms. The predicted octanol–water partition coefficient (Wildman–Crippen LogP) is 1.39. The fraction of sp³-hybridized carbons (Fsp3) is 0.480. The van der Waals surface area contributed by atoms with Crippen molar-refractivity contribution >= 4 is 46.3 Å². The van der Waals surface area contributed by atoms with Crippen molar-refractivity contribution in [3.63, 3.8) is 0 Å². The van der Waals surface area contributed by atoms with Gasteiger partial charge in [0.1, 0.15) is 0 Å². The first-order valence-corrected chi connectivity index (χ1v) is 17.2. The molecule has 4 rings (SSSR count). The molecule has 0 atom stereocenters. The van der Waals surface area contributed by atoms with Gasteiger partial charge in [-0.3, -0.25) is 0 Å². The van der Waals surface area contributed by atoms with Crippen LogP contribution in [0.3, 0.4) is 0 Å². The Balaban J connectivity index is 0.00000171. The maximum absolute atomic E-state index is 6.81. The van der Waals surface area contributed by atoms with Gasteiger partial charge in [0.05, 0.1) is 0 Å². The Kier molecular flexibility index (Phi) is 11.9. The normalized spacial score (nSPS) is 18.6. The molecule has 2 aliphatic carbocycles. The summed E-state index contributed by atoms with van der Waals surface area (Å²) < 4.78 is 0. The van der Waals surface area contributed by atoms with Crippen LogP contribution >= 0.6 is 12.1 Å². The first-order chi connectivity index (χ1) is 14.1. The van der Waals surface area contributed by atoms with Crippen LogP contribution in [0.5, 0.6) is 0 Å². The number of benzene rings is 2. The van der Waals surface area contributed by atoms with Crippen LogP contribution in [-0.2, 0) is 23.6 Å². The van der Waals surface area contributed by atoms with Gasteiger partial charge in [-0.05, 0) is 47.6 Å². The molecule has 0 nitrogen and oxygen atoms in total. The Morgan fingerprint density at radius 2 is 0.935 bits per heavy atom. The standard InChI is InChI=1S/C25H33P2S2.2Li/c28-26(22-13-5-1-6-14-22,23-15-7-2-8-16-23)21-27(29,24-17-9-3-10-18-24)25-19-11-4-12-20-25;;/h1-2,5-8,13-16,21,24-25H,3-4,9-12,17-20H2;;/q-1;2*+1. The summed E-state index contributed by atoms with van der Waals surface area (Å²) >= 11 is 13.4. The van der Waals surface area contributed by atoms with Crippen molar-refractivity contribution in [1.29, 1.82) is 0 Å². The van der Waals surface area contributed by atoms with Crippen molar-refractivity contribution in [2.45, 2.75) is 75.5 Å². The summed E-state index contributed by atoms with van der Waals surface area (Å²) in [5, 5.41) is 2.64. The van der Waals surface area contributed by atoms with E-state index in [4.69, 9.17) is 23.6 Å². The Morgan fingerprint density at radius 1 is 0.581 bits per heavy atom. The summed E-state index contributed by atoms with van der Waals surface area (Å²) in [6, 6.07) is 18.1. The van der Waals surface area contributed by atoms with Gasteiger partial charge in [0, 0.05) is 0 Å². The molecule has 0 aliphatic heterocycles. The molecule has 31 heavy (non-hydrogen) atoms. The zero-order chi connectivity index (χ0) is 20.2. The van der Waals surface area contributed by atoms with Crippen LogP contribution in [-0.4, -0.2) is 11.3 Å². The van der Waals surface area contributed by atoms with Crippen molar-refractivity contribution in [3.05, 3.63) is 66.6 Å². The average molecular weight is 474 g/mol. The molecule has 2 aliphatic rings. The SMILES string of the molecule is S=P([CH-]P(=S)(C1CCCCC1)C1CCCCC1)(c1ccccc1)c1ccccc1.[Li+].[Li+]. The molecule has 0 radical (unpaired) electrons. The molecular weight excluding hydrogens is 440 g/mol. The minimum atomic E-state index is -2.03. The fourth-order valence-electron chi connectivity index (χ4n) is 5.29. The summed E-state index contributed by atoms with van der Waals surface area (Å²) in [4.78, 5) is 0. The van der Waals surface area contributed by atoms with Gasteiger partial charge >= 0.3 is 37.7 Å². The van der Waals surface area contributed by atoms with Gasteiger partial charge < -0.3 is 0 Å². The Hall–Kier alpha value is 0.935. The van der Waals surface area contributed by atoms with Crippen LogP contribution < -0.4 is 48.3 Å². The van der Waals surface area contributed by atoms with E-state index in [9.17, 15) is 0 Å². The third kappa shape index (κ3) is 6.54. The van der Waals surface area contributed by atoms with Crippen LogP contribution in [0.15, 0.2) is 60.7 Å². The van der Waals surface area contributed by atoms with Gasteiger partial charge in [-0.2, -0.15) is 6.04 Å². The largest absolute Gasteiger partial charge is 1.00 e. The molecule has 0 spiro atoms. The van der Waals surface area contributed by atoms with Crippen LogP contribution in [0, 0.1) is 5.90 Å². The molecule has 0 bridgehead atoms. The van der Waals surface area contributed by atoms with Crippen molar-refractivity contribution in [1.82, 2.24) is 0 Å². The minimum Gasteiger partial charge on any atom is -0.244 e. The van der Waals surface area contributed by atoms with Crippen molar-refractivity contribution in [2.24, 2.45) is 0 Å².